The minimum atomic E-state index is -3.53. The van der Waals surface area contributed by atoms with Crippen molar-refractivity contribution < 1.29 is 13.2 Å². The lowest BCUT2D eigenvalue weighted by Crippen LogP contribution is -2.31. The quantitative estimate of drug-likeness (QED) is 0.778. The third kappa shape index (κ3) is 5.29. The van der Waals surface area contributed by atoms with Gasteiger partial charge in [0.2, 0.25) is 10.0 Å². The van der Waals surface area contributed by atoms with Crippen LogP contribution >= 0.6 is 15.9 Å². The number of primary sulfonamides is 1. The zero-order chi connectivity index (χ0) is 12.9. The van der Waals surface area contributed by atoms with E-state index in [9.17, 15) is 13.2 Å². The van der Waals surface area contributed by atoms with Gasteiger partial charge in [-0.05, 0) is 17.7 Å². The lowest BCUT2D eigenvalue weighted by Gasteiger charge is -2.04. The Kier molecular flexibility index (Phi) is 5.10. The van der Waals surface area contributed by atoms with Crippen LogP contribution in [0.3, 0.4) is 0 Å². The van der Waals surface area contributed by atoms with Crippen LogP contribution in [0.5, 0.6) is 0 Å². The molecule has 0 aromatic heterocycles. The van der Waals surface area contributed by atoms with Crippen LogP contribution < -0.4 is 10.5 Å². The molecular formula is C10H13BrN2O3S. The number of hydrogen-bond donors (Lipinski definition) is 2. The average molecular weight is 321 g/mol. The van der Waals surface area contributed by atoms with Gasteiger partial charge in [0, 0.05) is 17.4 Å². The van der Waals surface area contributed by atoms with Crippen molar-refractivity contribution in [1.29, 1.82) is 0 Å². The first kappa shape index (κ1) is 14.1. The third-order valence-electron chi connectivity index (χ3n) is 2.04. The molecule has 5 nitrogen and oxygen atoms in total. The van der Waals surface area contributed by atoms with Gasteiger partial charge in [-0.1, -0.05) is 28.1 Å². The van der Waals surface area contributed by atoms with Crippen molar-refractivity contribution in [3.05, 3.63) is 35.4 Å². The Morgan fingerprint density at radius 1 is 1.29 bits per heavy atom. The molecule has 0 bridgehead atoms. The topological polar surface area (TPSA) is 89.3 Å². The molecule has 0 unspecified atom stereocenters. The summed E-state index contributed by atoms with van der Waals surface area (Å²) in [5, 5.41) is 8.02. The lowest BCUT2D eigenvalue weighted by molar-refractivity contribution is 0.0956. The molecule has 17 heavy (non-hydrogen) atoms. The van der Waals surface area contributed by atoms with E-state index in [1.165, 1.54) is 0 Å². The highest BCUT2D eigenvalue weighted by molar-refractivity contribution is 9.08. The second-order valence-electron chi connectivity index (χ2n) is 3.45. The van der Waals surface area contributed by atoms with Crippen LogP contribution in [0, 0.1) is 0 Å². The van der Waals surface area contributed by atoms with E-state index in [-0.39, 0.29) is 18.2 Å². The first-order chi connectivity index (χ1) is 7.92. The fourth-order valence-electron chi connectivity index (χ4n) is 1.15. The van der Waals surface area contributed by atoms with Crippen molar-refractivity contribution in [1.82, 2.24) is 5.32 Å². The van der Waals surface area contributed by atoms with Crippen molar-refractivity contribution in [2.75, 3.05) is 12.3 Å². The maximum atomic E-state index is 11.6. The smallest absolute Gasteiger partial charge is 0.251 e. The van der Waals surface area contributed by atoms with E-state index in [1.807, 2.05) is 12.1 Å². The molecule has 0 aliphatic heterocycles. The van der Waals surface area contributed by atoms with E-state index in [0.717, 1.165) is 10.9 Å². The van der Waals surface area contributed by atoms with Crippen molar-refractivity contribution in [2.24, 2.45) is 5.14 Å². The van der Waals surface area contributed by atoms with E-state index in [0.29, 0.717) is 5.56 Å². The van der Waals surface area contributed by atoms with Crippen LogP contribution in [0.2, 0.25) is 0 Å². The Balaban J connectivity index is 2.52. The summed E-state index contributed by atoms with van der Waals surface area (Å²) in [6.45, 7) is 0.0118. The number of nitrogens with one attached hydrogen (secondary N) is 1. The summed E-state index contributed by atoms with van der Waals surface area (Å²) in [7, 11) is -3.53. The molecule has 0 aliphatic carbocycles. The minimum Gasteiger partial charge on any atom is -0.351 e. The molecule has 0 radical (unpaired) electrons. The number of benzene rings is 1. The number of nitrogens with two attached hydrogens (primary N) is 1. The number of carbonyl (C=O) groups is 1. The monoisotopic (exact) mass is 320 g/mol. The molecule has 0 atom stereocenters. The molecule has 0 aliphatic rings. The second kappa shape index (κ2) is 6.13. The molecule has 0 saturated carbocycles. The molecular weight excluding hydrogens is 308 g/mol. The Hall–Kier alpha value is -0.920. The molecule has 0 spiro atoms. The van der Waals surface area contributed by atoms with Gasteiger partial charge in [0.15, 0.2) is 0 Å². The normalized spacial score (nSPS) is 11.2. The van der Waals surface area contributed by atoms with Gasteiger partial charge in [-0.15, -0.1) is 0 Å². The zero-order valence-electron chi connectivity index (χ0n) is 9.02. The predicted octanol–water partition coefficient (Wildman–Crippen LogP) is 0.600. The highest BCUT2D eigenvalue weighted by atomic mass is 79.9. The summed E-state index contributed by atoms with van der Waals surface area (Å²) < 4.78 is 21.3. The van der Waals surface area contributed by atoms with E-state index in [1.54, 1.807) is 12.1 Å². The Morgan fingerprint density at radius 3 is 2.35 bits per heavy atom. The van der Waals surface area contributed by atoms with Crippen LogP contribution in [0.15, 0.2) is 24.3 Å². The maximum Gasteiger partial charge on any atom is 0.251 e. The maximum absolute atomic E-state index is 11.6. The summed E-state index contributed by atoms with van der Waals surface area (Å²) in [5.41, 5.74) is 1.55. The van der Waals surface area contributed by atoms with Crippen molar-refractivity contribution in [3.63, 3.8) is 0 Å². The molecule has 94 valence electrons. The summed E-state index contributed by atoms with van der Waals surface area (Å²) in [6, 6.07) is 7.01. The third-order valence-corrected chi connectivity index (χ3v) is 3.46. The molecule has 1 aromatic rings. The zero-order valence-corrected chi connectivity index (χ0v) is 11.4. The van der Waals surface area contributed by atoms with E-state index in [2.05, 4.69) is 21.2 Å². The molecule has 0 fully saturated rings. The number of rotatable bonds is 5. The number of amides is 1. The van der Waals surface area contributed by atoms with E-state index in [4.69, 9.17) is 5.14 Å². The predicted molar refractivity (Wildman–Crippen MR) is 69.4 cm³/mol. The Labute approximate surface area is 109 Å². The van der Waals surface area contributed by atoms with Crippen molar-refractivity contribution >= 4 is 31.9 Å². The van der Waals surface area contributed by atoms with Gasteiger partial charge in [-0.3, -0.25) is 4.79 Å². The van der Waals surface area contributed by atoms with Gasteiger partial charge in [0.05, 0.1) is 5.75 Å². The van der Waals surface area contributed by atoms with Crippen LogP contribution in [0.4, 0.5) is 0 Å². The molecule has 1 rings (SSSR count). The average Bonchev–Trinajstić information content (AvgIpc) is 2.27. The Bertz CT molecular complexity index is 485. The van der Waals surface area contributed by atoms with Gasteiger partial charge in [-0.2, -0.15) is 0 Å². The van der Waals surface area contributed by atoms with Gasteiger partial charge in [0.25, 0.3) is 5.91 Å². The first-order valence-corrected chi connectivity index (χ1v) is 7.69. The van der Waals surface area contributed by atoms with Gasteiger partial charge in [-0.25, -0.2) is 13.6 Å². The van der Waals surface area contributed by atoms with Crippen LogP contribution in [0.25, 0.3) is 0 Å². The number of hydrogen-bond acceptors (Lipinski definition) is 3. The fourth-order valence-corrected chi connectivity index (χ4v) is 1.91. The lowest BCUT2D eigenvalue weighted by atomic mass is 10.1. The highest BCUT2D eigenvalue weighted by Gasteiger charge is 2.07. The largest absolute Gasteiger partial charge is 0.351 e. The van der Waals surface area contributed by atoms with Crippen molar-refractivity contribution in [3.8, 4) is 0 Å². The van der Waals surface area contributed by atoms with Crippen LogP contribution in [0.1, 0.15) is 15.9 Å². The summed E-state index contributed by atoms with van der Waals surface area (Å²) >= 11 is 3.30. The molecule has 7 heteroatoms. The molecule has 1 amide bonds. The number of sulfonamides is 1. The van der Waals surface area contributed by atoms with Crippen molar-refractivity contribution in [2.45, 2.75) is 5.33 Å². The number of alkyl halides is 1. The minimum absolute atomic E-state index is 0.0118. The standard InChI is InChI=1S/C10H13BrN2O3S/c11-7-8-1-3-9(4-2-8)10(14)13-5-6-17(12,15)16/h1-4H,5-7H2,(H,13,14)(H2,12,15,16). The summed E-state index contributed by atoms with van der Waals surface area (Å²) in [4.78, 5) is 11.6. The summed E-state index contributed by atoms with van der Waals surface area (Å²) in [5.74, 6) is -0.576. The molecule has 0 saturated heterocycles. The first-order valence-electron chi connectivity index (χ1n) is 4.86. The van der Waals surface area contributed by atoms with Gasteiger partial charge >= 0.3 is 0 Å². The van der Waals surface area contributed by atoms with Gasteiger partial charge in [0.1, 0.15) is 0 Å². The van der Waals surface area contributed by atoms with Crippen LogP contribution in [-0.4, -0.2) is 26.6 Å². The number of carbonyl (C=O) groups excluding carboxylic acids is 1. The summed E-state index contributed by atoms with van der Waals surface area (Å²) in [6.07, 6.45) is 0. The Morgan fingerprint density at radius 2 is 1.88 bits per heavy atom. The molecule has 1 aromatic carbocycles. The van der Waals surface area contributed by atoms with E-state index >= 15 is 0 Å². The van der Waals surface area contributed by atoms with Crippen LogP contribution in [-0.2, 0) is 15.4 Å². The molecule has 0 heterocycles. The van der Waals surface area contributed by atoms with E-state index < -0.39 is 10.0 Å². The second-order valence-corrected chi connectivity index (χ2v) is 5.75. The fraction of sp³-hybridized carbons (Fsp3) is 0.300. The SMILES string of the molecule is NS(=O)(=O)CCNC(=O)c1ccc(CBr)cc1. The number of halogens is 1. The highest BCUT2D eigenvalue weighted by Crippen LogP contribution is 2.07. The molecule has 3 N–H and O–H groups in total. The van der Waals surface area contributed by atoms with Gasteiger partial charge < -0.3 is 5.32 Å².